The SMILES string of the molecule is CCC(CC1CC1)Nc1ccc(C)cc1C#N. The molecule has 1 aliphatic rings. The van der Waals surface area contributed by atoms with Crippen LogP contribution >= 0.6 is 0 Å². The number of anilines is 1. The first kappa shape index (κ1) is 12.0. The molecule has 0 spiro atoms. The summed E-state index contributed by atoms with van der Waals surface area (Å²) in [6.07, 6.45) is 5.14. The third kappa shape index (κ3) is 3.23. The first-order valence-corrected chi connectivity index (χ1v) is 6.50. The van der Waals surface area contributed by atoms with Gasteiger partial charge in [0.25, 0.3) is 0 Å². The van der Waals surface area contributed by atoms with Gasteiger partial charge in [-0.15, -0.1) is 0 Å². The third-order valence-corrected chi connectivity index (χ3v) is 3.46. The Labute approximate surface area is 104 Å². The van der Waals surface area contributed by atoms with Gasteiger partial charge in [0.2, 0.25) is 0 Å². The minimum atomic E-state index is 0.511. The topological polar surface area (TPSA) is 35.8 Å². The Bertz CT molecular complexity index is 427. The molecule has 1 aliphatic carbocycles. The summed E-state index contributed by atoms with van der Waals surface area (Å²) in [6, 6.07) is 8.83. The number of benzene rings is 1. The molecule has 1 aromatic carbocycles. The molecule has 0 bridgehead atoms. The van der Waals surface area contributed by atoms with Crippen molar-refractivity contribution >= 4 is 5.69 Å². The Morgan fingerprint density at radius 2 is 2.24 bits per heavy atom. The largest absolute Gasteiger partial charge is 0.381 e. The average Bonchev–Trinajstić information content (AvgIpc) is 3.14. The molecule has 0 amide bonds. The summed E-state index contributed by atoms with van der Waals surface area (Å²) in [5.41, 5.74) is 2.90. The van der Waals surface area contributed by atoms with Crippen LogP contribution in [0.3, 0.4) is 0 Å². The smallest absolute Gasteiger partial charge is 0.101 e. The van der Waals surface area contributed by atoms with E-state index in [2.05, 4.69) is 24.4 Å². The highest BCUT2D eigenvalue weighted by Gasteiger charge is 2.24. The number of aryl methyl sites for hydroxylation is 1. The molecule has 0 heterocycles. The van der Waals surface area contributed by atoms with Gasteiger partial charge in [-0.1, -0.05) is 25.8 Å². The van der Waals surface area contributed by atoms with Crippen LogP contribution in [0.4, 0.5) is 5.69 Å². The van der Waals surface area contributed by atoms with Crippen LogP contribution in [-0.2, 0) is 0 Å². The lowest BCUT2D eigenvalue weighted by molar-refractivity contribution is 0.587. The van der Waals surface area contributed by atoms with E-state index in [0.29, 0.717) is 6.04 Å². The molecular weight excluding hydrogens is 208 g/mol. The molecule has 1 aromatic rings. The Kier molecular flexibility index (Phi) is 3.68. The fraction of sp³-hybridized carbons (Fsp3) is 0.533. The summed E-state index contributed by atoms with van der Waals surface area (Å²) in [5, 5.41) is 12.7. The van der Waals surface area contributed by atoms with Crippen LogP contribution < -0.4 is 5.32 Å². The van der Waals surface area contributed by atoms with Crippen LogP contribution in [0, 0.1) is 24.2 Å². The molecule has 1 fully saturated rings. The van der Waals surface area contributed by atoms with Crippen molar-refractivity contribution in [3.8, 4) is 6.07 Å². The van der Waals surface area contributed by atoms with Crippen LogP contribution in [0.1, 0.15) is 43.7 Å². The van der Waals surface area contributed by atoms with Crippen molar-refractivity contribution < 1.29 is 0 Å². The zero-order valence-electron chi connectivity index (χ0n) is 10.7. The highest BCUT2D eigenvalue weighted by atomic mass is 14.9. The van der Waals surface area contributed by atoms with E-state index in [9.17, 15) is 0 Å². The molecule has 2 nitrogen and oxygen atoms in total. The molecular formula is C15H20N2. The predicted molar refractivity (Wildman–Crippen MR) is 70.9 cm³/mol. The van der Waals surface area contributed by atoms with E-state index in [-0.39, 0.29) is 0 Å². The summed E-state index contributed by atoms with van der Waals surface area (Å²) in [6.45, 7) is 4.23. The Morgan fingerprint density at radius 3 is 2.82 bits per heavy atom. The van der Waals surface area contributed by atoms with E-state index >= 15 is 0 Å². The first-order chi connectivity index (χ1) is 8.22. The molecule has 0 aromatic heterocycles. The lowest BCUT2D eigenvalue weighted by Crippen LogP contribution is -2.19. The molecule has 2 rings (SSSR count). The van der Waals surface area contributed by atoms with Gasteiger partial charge in [-0.3, -0.25) is 0 Å². The zero-order valence-corrected chi connectivity index (χ0v) is 10.7. The zero-order chi connectivity index (χ0) is 12.3. The number of nitrogens with one attached hydrogen (secondary N) is 1. The second-order valence-electron chi connectivity index (χ2n) is 5.09. The number of hydrogen-bond acceptors (Lipinski definition) is 2. The van der Waals surface area contributed by atoms with Crippen LogP contribution in [0.25, 0.3) is 0 Å². The number of rotatable bonds is 5. The van der Waals surface area contributed by atoms with Crippen LogP contribution in [0.5, 0.6) is 0 Å². The van der Waals surface area contributed by atoms with Crippen LogP contribution in [0.2, 0.25) is 0 Å². The molecule has 1 atom stereocenters. The second kappa shape index (κ2) is 5.23. The van der Waals surface area contributed by atoms with Crippen molar-refractivity contribution in [3.63, 3.8) is 0 Å². The first-order valence-electron chi connectivity index (χ1n) is 6.50. The molecule has 2 heteroatoms. The van der Waals surface area contributed by atoms with Crippen molar-refractivity contribution in [2.75, 3.05) is 5.32 Å². The third-order valence-electron chi connectivity index (χ3n) is 3.46. The molecule has 1 saturated carbocycles. The van der Waals surface area contributed by atoms with Crippen LogP contribution in [0.15, 0.2) is 18.2 Å². The number of hydrogen-bond donors (Lipinski definition) is 1. The van der Waals surface area contributed by atoms with Crippen molar-refractivity contribution in [2.24, 2.45) is 5.92 Å². The van der Waals surface area contributed by atoms with E-state index in [1.54, 1.807) is 0 Å². The predicted octanol–water partition coefficient (Wildman–Crippen LogP) is 3.86. The number of nitrogens with zero attached hydrogens (tertiary/aromatic N) is 1. The Balaban J connectivity index is 2.07. The van der Waals surface area contributed by atoms with Gasteiger partial charge in [0, 0.05) is 6.04 Å². The fourth-order valence-electron chi connectivity index (χ4n) is 2.18. The summed E-state index contributed by atoms with van der Waals surface area (Å²) in [7, 11) is 0. The normalized spacial score (nSPS) is 16.3. The highest BCUT2D eigenvalue weighted by Crippen LogP contribution is 2.35. The van der Waals surface area contributed by atoms with Crippen molar-refractivity contribution in [1.82, 2.24) is 0 Å². The highest BCUT2D eigenvalue weighted by molar-refractivity contribution is 5.59. The van der Waals surface area contributed by atoms with Crippen LogP contribution in [-0.4, -0.2) is 6.04 Å². The van der Waals surface area contributed by atoms with E-state index in [1.807, 2.05) is 19.1 Å². The summed E-state index contributed by atoms with van der Waals surface area (Å²) >= 11 is 0. The molecule has 0 aliphatic heterocycles. The summed E-state index contributed by atoms with van der Waals surface area (Å²) in [4.78, 5) is 0. The van der Waals surface area contributed by atoms with E-state index in [1.165, 1.54) is 19.3 Å². The Morgan fingerprint density at radius 1 is 1.47 bits per heavy atom. The lowest BCUT2D eigenvalue weighted by Gasteiger charge is -2.19. The maximum Gasteiger partial charge on any atom is 0.101 e. The minimum absolute atomic E-state index is 0.511. The van der Waals surface area contributed by atoms with Crippen molar-refractivity contribution in [1.29, 1.82) is 5.26 Å². The molecule has 0 radical (unpaired) electrons. The van der Waals surface area contributed by atoms with Gasteiger partial charge in [-0.2, -0.15) is 5.26 Å². The van der Waals surface area contributed by atoms with E-state index in [0.717, 1.165) is 29.2 Å². The van der Waals surface area contributed by atoms with Gasteiger partial charge in [0.1, 0.15) is 6.07 Å². The standard InChI is InChI=1S/C15H20N2/c1-3-14(9-12-5-6-12)17-15-7-4-11(2)8-13(15)10-16/h4,7-8,12,14,17H,3,5-6,9H2,1-2H3. The monoisotopic (exact) mass is 228 g/mol. The quantitative estimate of drug-likeness (QED) is 0.830. The van der Waals surface area contributed by atoms with Gasteiger partial charge in [-0.25, -0.2) is 0 Å². The molecule has 90 valence electrons. The van der Waals surface area contributed by atoms with Gasteiger partial charge >= 0.3 is 0 Å². The maximum absolute atomic E-state index is 9.13. The second-order valence-corrected chi connectivity index (χ2v) is 5.09. The molecule has 1 unspecified atom stereocenters. The van der Waals surface area contributed by atoms with Gasteiger partial charge in [0.15, 0.2) is 0 Å². The average molecular weight is 228 g/mol. The van der Waals surface area contributed by atoms with Crippen molar-refractivity contribution in [2.45, 2.75) is 45.6 Å². The molecule has 17 heavy (non-hydrogen) atoms. The molecule has 1 N–H and O–H groups in total. The van der Waals surface area contributed by atoms with Crippen molar-refractivity contribution in [3.05, 3.63) is 29.3 Å². The Hall–Kier alpha value is -1.49. The fourth-order valence-corrected chi connectivity index (χ4v) is 2.18. The van der Waals surface area contributed by atoms with Gasteiger partial charge < -0.3 is 5.32 Å². The van der Waals surface area contributed by atoms with E-state index < -0.39 is 0 Å². The maximum atomic E-state index is 9.13. The molecule has 0 saturated heterocycles. The minimum Gasteiger partial charge on any atom is -0.381 e. The summed E-state index contributed by atoms with van der Waals surface area (Å²) in [5.74, 6) is 0.920. The van der Waals surface area contributed by atoms with E-state index in [4.69, 9.17) is 5.26 Å². The van der Waals surface area contributed by atoms with Gasteiger partial charge in [-0.05, 0) is 43.4 Å². The summed E-state index contributed by atoms with van der Waals surface area (Å²) < 4.78 is 0. The number of nitriles is 1. The lowest BCUT2D eigenvalue weighted by atomic mass is 10.1. The van der Waals surface area contributed by atoms with Gasteiger partial charge in [0.05, 0.1) is 11.3 Å².